The summed E-state index contributed by atoms with van der Waals surface area (Å²) in [5, 5.41) is 0. The van der Waals surface area contributed by atoms with E-state index in [2.05, 4.69) is 0 Å². The average molecular weight is 187 g/mol. The van der Waals surface area contributed by atoms with Gasteiger partial charge in [0.1, 0.15) is 5.82 Å². The first kappa shape index (κ1) is 9.92. The summed E-state index contributed by atoms with van der Waals surface area (Å²) in [5.41, 5.74) is 4.52. The van der Waals surface area contributed by atoms with Crippen LogP contribution in [-0.4, -0.2) is 5.72 Å². The van der Waals surface area contributed by atoms with Crippen LogP contribution >= 0.6 is 0 Å². The van der Waals surface area contributed by atoms with Crippen LogP contribution in [0.15, 0.2) is 18.2 Å². The molecule has 1 aromatic rings. The van der Waals surface area contributed by atoms with Gasteiger partial charge >= 0.3 is 0 Å². The van der Waals surface area contributed by atoms with Crippen molar-refractivity contribution in [3.63, 3.8) is 0 Å². The van der Waals surface area contributed by atoms with E-state index in [1.165, 1.54) is 6.07 Å². The third-order valence-electron chi connectivity index (χ3n) is 1.27. The van der Waals surface area contributed by atoms with Crippen molar-refractivity contribution in [3.05, 3.63) is 29.8 Å². The van der Waals surface area contributed by atoms with Crippen molar-refractivity contribution in [1.29, 1.82) is 0 Å². The van der Waals surface area contributed by atoms with E-state index >= 15 is 0 Å². The number of nitrogens with two attached hydrogens (primary N) is 1. The molecule has 0 aliphatic carbocycles. The first-order valence-corrected chi connectivity index (χ1v) is 3.81. The summed E-state index contributed by atoms with van der Waals surface area (Å²) in [5.74, 6) is -1.44. The minimum atomic E-state index is -0.974. The largest absolute Gasteiger partial charge is 0.471 e. The van der Waals surface area contributed by atoms with E-state index in [1.54, 1.807) is 13.8 Å². The fourth-order valence-corrected chi connectivity index (χ4v) is 0.841. The molecule has 0 aromatic heterocycles. The highest BCUT2D eigenvalue weighted by Crippen LogP contribution is 2.20. The predicted octanol–water partition coefficient (Wildman–Crippen LogP) is 2.04. The minimum Gasteiger partial charge on any atom is -0.471 e. The van der Waals surface area contributed by atoms with Gasteiger partial charge < -0.3 is 4.74 Å². The standard InChI is InChI=1S/C9H11F2NO/c1-9(2,12)13-8-4-3-6(10)5-7(8)11/h3-5H,12H2,1-2H3. The lowest BCUT2D eigenvalue weighted by Crippen LogP contribution is -2.38. The third-order valence-corrected chi connectivity index (χ3v) is 1.27. The number of halogens is 2. The van der Waals surface area contributed by atoms with Gasteiger partial charge in [0, 0.05) is 6.07 Å². The van der Waals surface area contributed by atoms with Crippen molar-refractivity contribution in [3.8, 4) is 5.75 Å². The summed E-state index contributed by atoms with van der Waals surface area (Å²) < 4.78 is 30.4. The molecule has 0 amide bonds. The lowest BCUT2D eigenvalue weighted by atomic mass is 10.3. The number of rotatable bonds is 2. The summed E-state index contributed by atoms with van der Waals surface area (Å²) in [4.78, 5) is 0. The first-order chi connectivity index (χ1) is 5.88. The fourth-order valence-electron chi connectivity index (χ4n) is 0.841. The lowest BCUT2D eigenvalue weighted by Gasteiger charge is -2.21. The van der Waals surface area contributed by atoms with Gasteiger partial charge in [0.05, 0.1) is 0 Å². The molecule has 0 unspecified atom stereocenters. The Hall–Kier alpha value is -1.16. The highest BCUT2D eigenvalue weighted by molar-refractivity contribution is 5.25. The molecule has 0 spiro atoms. The molecule has 13 heavy (non-hydrogen) atoms. The molecular formula is C9H11F2NO. The van der Waals surface area contributed by atoms with Crippen molar-refractivity contribution < 1.29 is 13.5 Å². The summed E-state index contributed by atoms with van der Waals surface area (Å²) in [6, 6.07) is 3.07. The fraction of sp³-hybridized carbons (Fsp3) is 0.333. The van der Waals surface area contributed by atoms with Crippen molar-refractivity contribution in [2.45, 2.75) is 19.6 Å². The molecule has 1 rings (SSSR count). The Kier molecular flexibility index (Phi) is 2.52. The van der Waals surface area contributed by atoms with Crippen LogP contribution in [0.25, 0.3) is 0 Å². The average Bonchev–Trinajstić information content (AvgIpc) is 1.93. The van der Waals surface area contributed by atoms with Gasteiger partial charge in [0.15, 0.2) is 17.3 Å². The second-order valence-corrected chi connectivity index (χ2v) is 3.28. The van der Waals surface area contributed by atoms with Gasteiger partial charge in [-0.3, -0.25) is 5.73 Å². The van der Waals surface area contributed by atoms with Crippen LogP contribution in [0.5, 0.6) is 5.75 Å². The molecule has 0 saturated heterocycles. The van der Waals surface area contributed by atoms with E-state index in [0.29, 0.717) is 0 Å². The van der Waals surface area contributed by atoms with E-state index in [4.69, 9.17) is 10.5 Å². The maximum absolute atomic E-state index is 13.0. The summed E-state index contributed by atoms with van der Waals surface area (Å²) in [6.45, 7) is 3.16. The smallest absolute Gasteiger partial charge is 0.168 e. The van der Waals surface area contributed by atoms with Gasteiger partial charge in [0.25, 0.3) is 0 Å². The van der Waals surface area contributed by atoms with Crippen LogP contribution in [0.2, 0.25) is 0 Å². The van der Waals surface area contributed by atoms with Crippen LogP contribution < -0.4 is 10.5 Å². The maximum atomic E-state index is 13.0. The Morgan fingerprint density at radius 3 is 2.38 bits per heavy atom. The number of benzene rings is 1. The molecule has 0 aliphatic rings. The normalized spacial score (nSPS) is 11.5. The molecule has 2 nitrogen and oxygen atoms in total. The summed E-state index contributed by atoms with van der Waals surface area (Å²) in [6.07, 6.45) is 0. The van der Waals surface area contributed by atoms with Crippen molar-refractivity contribution >= 4 is 0 Å². The van der Waals surface area contributed by atoms with E-state index in [9.17, 15) is 8.78 Å². The molecule has 0 saturated carbocycles. The van der Waals surface area contributed by atoms with Crippen LogP contribution in [-0.2, 0) is 0 Å². The molecule has 0 heterocycles. The van der Waals surface area contributed by atoms with Crippen molar-refractivity contribution in [1.82, 2.24) is 0 Å². The van der Waals surface area contributed by atoms with E-state index in [0.717, 1.165) is 12.1 Å². The Balaban J connectivity index is 2.90. The summed E-state index contributed by atoms with van der Waals surface area (Å²) in [7, 11) is 0. The zero-order chi connectivity index (χ0) is 10.1. The summed E-state index contributed by atoms with van der Waals surface area (Å²) >= 11 is 0. The van der Waals surface area contributed by atoms with Gasteiger partial charge in [-0.05, 0) is 26.0 Å². The maximum Gasteiger partial charge on any atom is 0.168 e. The van der Waals surface area contributed by atoms with Gasteiger partial charge in [-0.1, -0.05) is 0 Å². The monoisotopic (exact) mass is 187 g/mol. The van der Waals surface area contributed by atoms with Gasteiger partial charge in [-0.2, -0.15) is 0 Å². The van der Waals surface area contributed by atoms with E-state index in [-0.39, 0.29) is 5.75 Å². The number of ether oxygens (including phenoxy) is 1. The molecule has 2 N–H and O–H groups in total. The Labute approximate surface area is 75.3 Å². The lowest BCUT2D eigenvalue weighted by molar-refractivity contribution is 0.111. The Morgan fingerprint density at radius 2 is 1.92 bits per heavy atom. The zero-order valence-electron chi connectivity index (χ0n) is 7.47. The van der Waals surface area contributed by atoms with Gasteiger partial charge in [-0.25, -0.2) is 8.78 Å². The minimum absolute atomic E-state index is 0.0473. The van der Waals surface area contributed by atoms with Gasteiger partial charge in [0.2, 0.25) is 0 Å². The second kappa shape index (κ2) is 3.30. The number of hydrogen-bond donors (Lipinski definition) is 1. The molecule has 72 valence electrons. The van der Waals surface area contributed by atoms with Crippen molar-refractivity contribution in [2.24, 2.45) is 5.73 Å². The molecule has 4 heteroatoms. The molecule has 0 fully saturated rings. The van der Waals surface area contributed by atoms with Crippen molar-refractivity contribution in [2.75, 3.05) is 0 Å². The zero-order valence-corrected chi connectivity index (χ0v) is 7.47. The van der Waals surface area contributed by atoms with Crippen LogP contribution in [0.4, 0.5) is 8.78 Å². The molecular weight excluding hydrogens is 176 g/mol. The molecule has 0 aliphatic heterocycles. The first-order valence-electron chi connectivity index (χ1n) is 3.81. The van der Waals surface area contributed by atoms with E-state index < -0.39 is 17.4 Å². The Morgan fingerprint density at radius 1 is 1.31 bits per heavy atom. The SMILES string of the molecule is CC(C)(N)Oc1ccc(F)cc1F. The third kappa shape index (κ3) is 2.99. The quantitative estimate of drug-likeness (QED) is 0.719. The molecule has 0 bridgehead atoms. The molecule has 0 radical (unpaired) electrons. The second-order valence-electron chi connectivity index (χ2n) is 3.28. The highest BCUT2D eigenvalue weighted by atomic mass is 19.1. The van der Waals surface area contributed by atoms with Crippen LogP contribution in [0.3, 0.4) is 0 Å². The number of hydrogen-bond acceptors (Lipinski definition) is 2. The Bertz CT molecular complexity index is 307. The molecule has 0 atom stereocenters. The van der Waals surface area contributed by atoms with Crippen LogP contribution in [0.1, 0.15) is 13.8 Å². The topological polar surface area (TPSA) is 35.2 Å². The highest BCUT2D eigenvalue weighted by Gasteiger charge is 2.15. The van der Waals surface area contributed by atoms with Crippen LogP contribution in [0, 0.1) is 11.6 Å². The van der Waals surface area contributed by atoms with Gasteiger partial charge in [-0.15, -0.1) is 0 Å². The van der Waals surface area contributed by atoms with E-state index in [1.807, 2.05) is 0 Å². The predicted molar refractivity (Wildman–Crippen MR) is 45.3 cm³/mol. The molecule has 1 aromatic carbocycles.